The molecule has 0 saturated heterocycles. The molecule has 0 aliphatic rings. The van der Waals surface area contributed by atoms with Crippen molar-refractivity contribution in [3.8, 4) is 0 Å². The van der Waals surface area contributed by atoms with E-state index in [9.17, 15) is 0 Å². The van der Waals surface area contributed by atoms with Gasteiger partial charge in [0, 0.05) is 6.95 Å². The van der Waals surface area contributed by atoms with Crippen molar-refractivity contribution in [1.82, 2.24) is 0 Å². The number of hydrogen-bond acceptors (Lipinski definition) is 3. The molecule has 7 heavy (non-hydrogen) atoms. The molecule has 3 nitrogen and oxygen atoms in total. The van der Waals surface area contributed by atoms with Crippen LogP contribution in [0, 0.1) is 0 Å². The monoisotopic (exact) mass is 244 g/mol. The van der Waals surface area contributed by atoms with Gasteiger partial charge < -0.3 is 14.4 Å². The van der Waals surface area contributed by atoms with Gasteiger partial charge in [-0.3, -0.25) is 0 Å². The van der Waals surface area contributed by atoms with Gasteiger partial charge in [-0.1, -0.05) is 11.2 Å². The number of rotatable bonds is 0. The van der Waals surface area contributed by atoms with Crippen molar-refractivity contribution in [3.63, 3.8) is 0 Å². The molecule has 0 spiro atoms. The van der Waals surface area contributed by atoms with E-state index in [1.54, 1.807) is 0 Å². The summed E-state index contributed by atoms with van der Waals surface area (Å²) in [6, 6.07) is 0. The zero-order valence-electron chi connectivity index (χ0n) is 2.76. The summed E-state index contributed by atoms with van der Waals surface area (Å²) in [6.07, 6.45) is 0. The summed E-state index contributed by atoms with van der Waals surface area (Å²) in [5, 5.41) is 0. The van der Waals surface area contributed by atoms with Gasteiger partial charge in [-0.05, 0) is 0 Å². The van der Waals surface area contributed by atoms with E-state index in [0.29, 0.717) is 0 Å². The molecule has 0 fully saturated rings. The SMILES string of the molecule is O=P([O-])([O-])Cl.[Ca+2].[SrH2]. The Morgan fingerprint density at radius 2 is 1.43 bits per heavy atom. The van der Waals surface area contributed by atoms with Crippen LogP contribution in [0.2, 0.25) is 0 Å². The van der Waals surface area contributed by atoms with Crippen molar-refractivity contribution in [2.45, 2.75) is 0 Å². The summed E-state index contributed by atoms with van der Waals surface area (Å²) in [5.74, 6) is 0. The van der Waals surface area contributed by atoms with Gasteiger partial charge in [0.15, 0.2) is 0 Å². The third kappa shape index (κ3) is 46.8. The van der Waals surface area contributed by atoms with Crippen LogP contribution in [-0.2, 0) is 4.57 Å². The van der Waals surface area contributed by atoms with E-state index >= 15 is 0 Å². The van der Waals surface area contributed by atoms with Crippen LogP contribution in [-0.4, -0.2) is 83.2 Å². The van der Waals surface area contributed by atoms with E-state index < -0.39 is 6.95 Å². The zero-order chi connectivity index (χ0) is 4.50. The molecule has 0 amide bonds. The number of hydrogen-bond donors (Lipinski definition) is 0. The topological polar surface area (TPSA) is 63.2 Å². The fourth-order valence-electron chi connectivity index (χ4n) is 0. The quantitative estimate of drug-likeness (QED) is 0.357. The molecule has 0 radical (unpaired) electrons. The minimum atomic E-state index is -4.67. The predicted molar refractivity (Wildman–Crippen MR) is 27.8 cm³/mol. The summed E-state index contributed by atoms with van der Waals surface area (Å²) in [6.45, 7) is -4.67. The van der Waals surface area contributed by atoms with Gasteiger partial charge in [-0.15, -0.1) is 0 Å². The van der Waals surface area contributed by atoms with Crippen LogP contribution in [0.4, 0.5) is 0 Å². The molecule has 7 heteroatoms. The Kier molecular flexibility index (Phi) is 17.3. The molecule has 0 rings (SSSR count). The Labute approximate surface area is 113 Å². The molecule has 0 bridgehead atoms. The van der Waals surface area contributed by atoms with Crippen LogP contribution in [0.5, 0.6) is 0 Å². The Hall–Kier alpha value is 3.18. The van der Waals surface area contributed by atoms with Crippen LogP contribution >= 0.6 is 18.2 Å². The average Bonchev–Trinajstić information content (AvgIpc) is 0.722. The van der Waals surface area contributed by atoms with Crippen LogP contribution in [0.1, 0.15) is 0 Å². The molecular formula is H2CaClO3PSr. The van der Waals surface area contributed by atoms with E-state index in [4.69, 9.17) is 14.4 Å². The van der Waals surface area contributed by atoms with Crippen LogP contribution in [0.25, 0.3) is 0 Å². The minimum absolute atomic E-state index is 0. The van der Waals surface area contributed by atoms with Crippen molar-refractivity contribution < 1.29 is 14.4 Å². The molecule has 0 aromatic rings. The maximum atomic E-state index is 8.87. The van der Waals surface area contributed by atoms with Crippen molar-refractivity contribution in [1.29, 1.82) is 0 Å². The third-order valence-electron chi connectivity index (χ3n) is 0. The van der Waals surface area contributed by atoms with Gasteiger partial charge in [-0.25, -0.2) is 0 Å². The normalized spacial score (nSPS) is 8.43. The first kappa shape index (κ1) is 16.6. The zero-order valence-corrected chi connectivity index (χ0v) is 6.62. The molecule has 0 N–H and O–H groups in total. The van der Waals surface area contributed by atoms with E-state index in [1.807, 2.05) is 0 Å². The molecule has 36 valence electrons. The summed E-state index contributed by atoms with van der Waals surface area (Å²) in [4.78, 5) is 17.7. The molecule has 0 atom stereocenters. The van der Waals surface area contributed by atoms with Crippen molar-refractivity contribution in [2.24, 2.45) is 0 Å². The molecule has 0 aliphatic carbocycles. The Balaban J connectivity index is -0.0000000800. The maximum absolute atomic E-state index is 8.87. The van der Waals surface area contributed by atoms with E-state index in [1.165, 1.54) is 0 Å². The Morgan fingerprint density at radius 3 is 1.43 bits per heavy atom. The van der Waals surface area contributed by atoms with Crippen LogP contribution < -0.4 is 9.79 Å². The molecule has 0 unspecified atom stereocenters. The molecule has 0 heterocycles. The molecule has 0 saturated carbocycles. The van der Waals surface area contributed by atoms with E-state index in [0.717, 1.165) is 0 Å². The van der Waals surface area contributed by atoms with Crippen LogP contribution in [0.15, 0.2) is 0 Å². The van der Waals surface area contributed by atoms with Gasteiger partial charge >= 0.3 is 83.2 Å². The van der Waals surface area contributed by atoms with Gasteiger partial charge in [0.2, 0.25) is 0 Å². The molecule has 0 aromatic heterocycles. The fraction of sp³-hybridized carbons (Fsp3) is 0. The second-order valence-corrected chi connectivity index (χ2v) is 2.53. The fourth-order valence-corrected chi connectivity index (χ4v) is 0. The van der Waals surface area contributed by atoms with Gasteiger partial charge in [0.25, 0.3) is 0 Å². The van der Waals surface area contributed by atoms with Gasteiger partial charge in [0.1, 0.15) is 0 Å². The first-order valence-corrected chi connectivity index (χ1v) is 3.16. The Morgan fingerprint density at radius 1 is 1.43 bits per heavy atom. The van der Waals surface area contributed by atoms with Gasteiger partial charge in [-0.2, -0.15) is 0 Å². The summed E-state index contributed by atoms with van der Waals surface area (Å²) >= 11 is 3.97. The second-order valence-electron chi connectivity index (χ2n) is 0.431. The average molecular weight is 244 g/mol. The summed E-state index contributed by atoms with van der Waals surface area (Å²) in [5.41, 5.74) is 0. The summed E-state index contributed by atoms with van der Waals surface area (Å²) in [7, 11) is 0. The number of halogens is 1. The van der Waals surface area contributed by atoms with Crippen LogP contribution in [0.3, 0.4) is 0 Å². The van der Waals surface area contributed by atoms with Crippen molar-refractivity contribution >= 4 is 101 Å². The molecule has 0 aromatic carbocycles. The van der Waals surface area contributed by atoms with Crippen molar-refractivity contribution in [3.05, 3.63) is 0 Å². The van der Waals surface area contributed by atoms with Crippen molar-refractivity contribution in [2.75, 3.05) is 0 Å². The Bertz CT molecular complexity index is 61.1. The third-order valence-corrected chi connectivity index (χ3v) is 0. The molecular weight excluding hydrogens is 242 g/mol. The predicted octanol–water partition coefficient (Wildman–Crippen LogP) is -2.24. The molecule has 0 aliphatic heterocycles. The summed E-state index contributed by atoms with van der Waals surface area (Å²) < 4.78 is 8.87. The second kappa shape index (κ2) is 7.29. The van der Waals surface area contributed by atoms with E-state index in [2.05, 4.69) is 11.2 Å². The van der Waals surface area contributed by atoms with E-state index in [-0.39, 0.29) is 83.2 Å². The first-order chi connectivity index (χ1) is 2.00. The standard InChI is InChI=1S/Ca.ClH2O3P.Sr.2H/c;1-5(2,3)4;;;/h;(H2,2,3,4);;;/q+2;;;;/p-2. The first-order valence-electron chi connectivity index (χ1n) is 0.717. The van der Waals surface area contributed by atoms with Gasteiger partial charge in [0.05, 0.1) is 0 Å².